The number of aromatic nitrogens is 1. The highest BCUT2D eigenvalue weighted by molar-refractivity contribution is 6.30. The summed E-state index contributed by atoms with van der Waals surface area (Å²) in [6, 6.07) is 11.3. The van der Waals surface area contributed by atoms with E-state index < -0.39 is 0 Å². The molecule has 0 aliphatic carbocycles. The summed E-state index contributed by atoms with van der Waals surface area (Å²) in [6.07, 6.45) is 1.72. The van der Waals surface area contributed by atoms with Crippen molar-refractivity contribution in [3.8, 4) is 11.5 Å². The molecule has 94 valence electrons. The van der Waals surface area contributed by atoms with E-state index in [4.69, 9.17) is 16.3 Å². The molecule has 0 spiro atoms. The van der Waals surface area contributed by atoms with Gasteiger partial charge in [0.1, 0.15) is 11.5 Å². The average molecular weight is 263 g/mol. The summed E-state index contributed by atoms with van der Waals surface area (Å²) in [5, 5.41) is 3.83. The number of pyridine rings is 1. The van der Waals surface area contributed by atoms with Gasteiger partial charge in [-0.2, -0.15) is 0 Å². The molecule has 0 amide bonds. The van der Waals surface area contributed by atoms with Crippen LogP contribution in [0.5, 0.6) is 11.5 Å². The van der Waals surface area contributed by atoms with Gasteiger partial charge in [0.2, 0.25) is 0 Å². The summed E-state index contributed by atoms with van der Waals surface area (Å²) in [7, 11) is 1.91. The van der Waals surface area contributed by atoms with E-state index in [1.54, 1.807) is 18.3 Å². The molecule has 0 fully saturated rings. The van der Waals surface area contributed by atoms with Crippen molar-refractivity contribution in [3.63, 3.8) is 0 Å². The van der Waals surface area contributed by atoms with E-state index in [9.17, 15) is 0 Å². The average Bonchev–Trinajstić information content (AvgIpc) is 2.41. The topological polar surface area (TPSA) is 34.1 Å². The second-order valence-corrected chi connectivity index (χ2v) is 4.42. The Hall–Kier alpha value is -1.58. The first-order valence-corrected chi connectivity index (χ1v) is 6.13. The predicted molar refractivity (Wildman–Crippen MR) is 73.2 cm³/mol. The Bertz CT molecular complexity index is 496. The second-order valence-electron chi connectivity index (χ2n) is 3.99. The molecule has 0 aliphatic heterocycles. The quantitative estimate of drug-likeness (QED) is 0.910. The van der Waals surface area contributed by atoms with Crippen LogP contribution in [0.4, 0.5) is 0 Å². The predicted octanol–water partition coefficient (Wildman–Crippen LogP) is 3.81. The highest BCUT2D eigenvalue weighted by atomic mass is 35.5. The van der Waals surface area contributed by atoms with Crippen LogP contribution >= 0.6 is 11.6 Å². The van der Waals surface area contributed by atoms with E-state index in [1.165, 1.54) is 0 Å². The maximum atomic E-state index is 5.81. The van der Waals surface area contributed by atoms with Crippen LogP contribution in [0.25, 0.3) is 0 Å². The normalized spacial score (nSPS) is 12.2. The largest absolute Gasteiger partial charge is 0.456 e. The fourth-order valence-electron chi connectivity index (χ4n) is 1.49. The molecular weight excluding hydrogens is 248 g/mol. The van der Waals surface area contributed by atoms with Crippen LogP contribution in [0.2, 0.25) is 5.02 Å². The number of rotatable bonds is 4. The Balaban J connectivity index is 2.08. The fraction of sp³-hybridized carbons (Fsp3) is 0.214. The van der Waals surface area contributed by atoms with Gasteiger partial charge in [0.05, 0.1) is 11.9 Å². The Morgan fingerprint density at radius 1 is 1.11 bits per heavy atom. The molecule has 1 unspecified atom stereocenters. The lowest BCUT2D eigenvalue weighted by molar-refractivity contribution is 0.478. The minimum Gasteiger partial charge on any atom is -0.456 e. The van der Waals surface area contributed by atoms with Gasteiger partial charge in [0.25, 0.3) is 0 Å². The SMILES string of the molecule is CNC(C)c1ccc(Oc2ccc(Cl)cc2)cn1. The van der Waals surface area contributed by atoms with Crippen LogP contribution < -0.4 is 10.1 Å². The molecule has 1 aromatic heterocycles. The highest BCUT2D eigenvalue weighted by Crippen LogP contribution is 2.23. The summed E-state index contributed by atoms with van der Waals surface area (Å²) in [4.78, 5) is 4.35. The van der Waals surface area contributed by atoms with Gasteiger partial charge in [0, 0.05) is 11.1 Å². The van der Waals surface area contributed by atoms with Gasteiger partial charge in [-0.25, -0.2) is 0 Å². The number of benzene rings is 1. The first-order chi connectivity index (χ1) is 8.69. The van der Waals surface area contributed by atoms with Crippen LogP contribution in [0.1, 0.15) is 18.7 Å². The highest BCUT2D eigenvalue weighted by Gasteiger charge is 2.04. The van der Waals surface area contributed by atoms with Crippen molar-refractivity contribution >= 4 is 11.6 Å². The zero-order valence-electron chi connectivity index (χ0n) is 10.4. The van der Waals surface area contributed by atoms with Crippen LogP contribution in [-0.2, 0) is 0 Å². The third-order valence-corrected chi connectivity index (χ3v) is 2.94. The van der Waals surface area contributed by atoms with Gasteiger partial charge in [-0.1, -0.05) is 11.6 Å². The molecule has 0 bridgehead atoms. The molecule has 1 aromatic carbocycles. The second kappa shape index (κ2) is 5.85. The van der Waals surface area contributed by atoms with Crippen LogP contribution in [0.15, 0.2) is 42.6 Å². The van der Waals surface area contributed by atoms with E-state index in [2.05, 4.69) is 17.2 Å². The molecule has 0 radical (unpaired) electrons. The smallest absolute Gasteiger partial charge is 0.145 e. The minimum absolute atomic E-state index is 0.231. The minimum atomic E-state index is 0.231. The van der Waals surface area contributed by atoms with E-state index in [0.717, 1.165) is 11.4 Å². The first kappa shape index (κ1) is 12.9. The maximum absolute atomic E-state index is 5.81. The molecule has 1 atom stereocenters. The summed E-state index contributed by atoms with van der Waals surface area (Å²) in [5.74, 6) is 1.46. The number of nitrogens with zero attached hydrogens (tertiary/aromatic N) is 1. The summed E-state index contributed by atoms with van der Waals surface area (Å²) < 4.78 is 5.66. The zero-order chi connectivity index (χ0) is 13.0. The Labute approximate surface area is 112 Å². The van der Waals surface area contributed by atoms with Crippen LogP contribution in [0.3, 0.4) is 0 Å². The van der Waals surface area contributed by atoms with Gasteiger partial charge < -0.3 is 10.1 Å². The Morgan fingerprint density at radius 2 is 1.78 bits per heavy atom. The van der Waals surface area contributed by atoms with Crippen molar-refractivity contribution < 1.29 is 4.74 Å². The van der Waals surface area contributed by atoms with Gasteiger partial charge in [-0.15, -0.1) is 0 Å². The van der Waals surface area contributed by atoms with E-state index >= 15 is 0 Å². The molecule has 2 aromatic rings. The molecule has 1 heterocycles. The van der Waals surface area contributed by atoms with Crippen molar-refractivity contribution in [3.05, 3.63) is 53.3 Å². The zero-order valence-corrected chi connectivity index (χ0v) is 11.1. The van der Waals surface area contributed by atoms with Gasteiger partial charge in [-0.05, 0) is 50.4 Å². The summed E-state index contributed by atoms with van der Waals surface area (Å²) in [5.41, 5.74) is 0.987. The molecule has 0 saturated heterocycles. The number of nitrogens with one attached hydrogen (secondary N) is 1. The standard InChI is InChI=1S/C14H15ClN2O/c1-10(16-2)14-8-7-13(9-17-14)18-12-5-3-11(15)4-6-12/h3-10,16H,1-2H3. The van der Waals surface area contributed by atoms with E-state index in [-0.39, 0.29) is 6.04 Å². The Kier molecular flexibility index (Phi) is 4.18. The van der Waals surface area contributed by atoms with Crippen molar-refractivity contribution in [2.75, 3.05) is 7.05 Å². The van der Waals surface area contributed by atoms with Gasteiger partial charge >= 0.3 is 0 Å². The third kappa shape index (κ3) is 3.22. The number of hydrogen-bond acceptors (Lipinski definition) is 3. The molecule has 2 rings (SSSR count). The fourth-order valence-corrected chi connectivity index (χ4v) is 1.62. The van der Waals surface area contributed by atoms with Crippen molar-refractivity contribution in [1.29, 1.82) is 0 Å². The van der Waals surface area contributed by atoms with E-state index in [0.29, 0.717) is 10.8 Å². The maximum Gasteiger partial charge on any atom is 0.145 e. The van der Waals surface area contributed by atoms with Crippen molar-refractivity contribution in [2.24, 2.45) is 0 Å². The van der Waals surface area contributed by atoms with Gasteiger partial charge in [0.15, 0.2) is 0 Å². The number of ether oxygens (including phenoxy) is 1. The molecule has 18 heavy (non-hydrogen) atoms. The summed E-state index contributed by atoms with van der Waals surface area (Å²) >= 11 is 5.81. The van der Waals surface area contributed by atoms with Crippen LogP contribution in [-0.4, -0.2) is 12.0 Å². The third-order valence-electron chi connectivity index (χ3n) is 2.69. The molecular formula is C14H15ClN2O. The monoisotopic (exact) mass is 262 g/mol. The van der Waals surface area contributed by atoms with Crippen LogP contribution in [0, 0.1) is 0 Å². The lowest BCUT2D eigenvalue weighted by Crippen LogP contribution is -2.13. The summed E-state index contributed by atoms with van der Waals surface area (Å²) in [6.45, 7) is 2.06. The molecule has 4 heteroatoms. The molecule has 0 aliphatic rings. The van der Waals surface area contributed by atoms with Crippen molar-refractivity contribution in [1.82, 2.24) is 10.3 Å². The van der Waals surface area contributed by atoms with E-state index in [1.807, 2.05) is 31.3 Å². The Morgan fingerprint density at radius 3 is 2.33 bits per heavy atom. The molecule has 0 saturated carbocycles. The number of hydrogen-bond donors (Lipinski definition) is 1. The molecule has 1 N–H and O–H groups in total. The van der Waals surface area contributed by atoms with Crippen molar-refractivity contribution in [2.45, 2.75) is 13.0 Å². The lowest BCUT2D eigenvalue weighted by atomic mass is 10.2. The number of halogens is 1. The lowest BCUT2D eigenvalue weighted by Gasteiger charge is -2.10. The molecule has 3 nitrogen and oxygen atoms in total. The van der Waals surface area contributed by atoms with Gasteiger partial charge in [-0.3, -0.25) is 4.98 Å². The first-order valence-electron chi connectivity index (χ1n) is 5.75.